The summed E-state index contributed by atoms with van der Waals surface area (Å²) in [6, 6.07) is 11.3. The molecule has 2 rings (SSSR count). The lowest BCUT2D eigenvalue weighted by molar-refractivity contribution is -0.159. The van der Waals surface area contributed by atoms with Crippen molar-refractivity contribution in [3.63, 3.8) is 0 Å². The molecule has 0 saturated heterocycles. The van der Waals surface area contributed by atoms with Crippen LogP contribution in [-0.2, 0) is 30.3 Å². The molecule has 0 fully saturated rings. The van der Waals surface area contributed by atoms with Crippen LogP contribution < -0.4 is 10.6 Å². The lowest BCUT2D eigenvalue weighted by atomic mass is 9.95. The van der Waals surface area contributed by atoms with Crippen molar-refractivity contribution < 1.29 is 28.7 Å². The summed E-state index contributed by atoms with van der Waals surface area (Å²) in [7, 11) is 0. The zero-order chi connectivity index (χ0) is 36.4. The maximum atomic E-state index is 14.7. The molecule has 0 aromatic heterocycles. The maximum absolute atomic E-state index is 14.7. The van der Waals surface area contributed by atoms with Gasteiger partial charge in [0.15, 0.2) is 0 Å². The number of hydrogen-bond donors (Lipinski definition) is 3. The molecule has 4 atom stereocenters. The zero-order valence-corrected chi connectivity index (χ0v) is 31.6. The summed E-state index contributed by atoms with van der Waals surface area (Å²) < 4.78 is 11.2. The van der Waals surface area contributed by atoms with E-state index in [9.17, 15) is 19.2 Å². The van der Waals surface area contributed by atoms with E-state index >= 15 is 0 Å². The molecule has 48 heavy (non-hydrogen) atoms. The van der Waals surface area contributed by atoms with E-state index in [0.29, 0.717) is 17.9 Å². The van der Waals surface area contributed by atoms with E-state index in [1.807, 2.05) is 69.3 Å². The van der Waals surface area contributed by atoms with Crippen molar-refractivity contribution in [2.75, 3.05) is 5.75 Å². The van der Waals surface area contributed by atoms with Crippen molar-refractivity contribution >= 4 is 36.5 Å². The lowest BCUT2D eigenvalue weighted by Crippen LogP contribution is -2.57. The molecule has 0 saturated carbocycles. The van der Waals surface area contributed by atoms with Crippen molar-refractivity contribution in [1.29, 1.82) is 0 Å². The number of carbonyl (C=O) groups is 4. The molecule has 0 radical (unpaired) electrons. The molecule has 0 heterocycles. The van der Waals surface area contributed by atoms with Gasteiger partial charge < -0.3 is 25.0 Å². The molecule has 0 aliphatic rings. The van der Waals surface area contributed by atoms with Crippen LogP contribution in [-0.4, -0.2) is 63.9 Å². The second-order valence-corrected chi connectivity index (χ2v) is 15.3. The summed E-state index contributed by atoms with van der Waals surface area (Å²) in [4.78, 5) is 57.2. The van der Waals surface area contributed by atoms with Gasteiger partial charge in [0, 0.05) is 18.2 Å². The van der Waals surface area contributed by atoms with Gasteiger partial charge in [-0.1, -0.05) is 62.4 Å². The number of aryl methyl sites for hydroxylation is 2. The molecule has 2 aromatic rings. The molecule has 4 unspecified atom stereocenters. The number of rotatable bonds is 14. The van der Waals surface area contributed by atoms with Gasteiger partial charge in [-0.3, -0.25) is 9.59 Å². The lowest BCUT2D eigenvalue weighted by Gasteiger charge is -2.39. The van der Waals surface area contributed by atoms with Crippen LogP contribution in [0.2, 0.25) is 0 Å². The first kappa shape index (κ1) is 40.6. The largest absolute Gasteiger partial charge is 0.458 e. The molecule has 0 spiro atoms. The van der Waals surface area contributed by atoms with Gasteiger partial charge >= 0.3 is 12.1 Å². The minimum absolute atomic E-state index is 0.0265. The van der Waals surface area contributed by atoms with E-state index in [4.69, 9.17) is 9.47 Å². The molecule has 0 aliphatic carbocycles. The van der Waals surface area contributed by atoms with Gasteiger partial charge in [-0.15, -0.1) is 0 Å². The number of nitrogens with one attached hydrogen (secondary N) is 2. The Morgan fingerprint density at radius 1 is 0.792 bits per heavy atom. The van der Waals surface area contributed by atoms with Crippen LogP contribution in [0.5, 0.6) is 0 Å². The molecule has 3 amide bonds. The van der Waals surface area contributed by atoms with Crippen LogP contribution in [0, 0.1) is 19.8 Å². The quantitative estimate of drug-likeness (QED) is 0.148. The van der Waals surface area contributed by atoms with E-state index in [0.717, 1.165) is 23.1 Å². The van der Waals surface area contributed by atoms with E-state index in [2.05, 4.69) is 37.1 Å². The molecule has 0 aliphatic heterocycles. The van der Waals surface area contributed by atoms with Crippen molar-refractivity contribution in [3.05, 3.63) is 70.8 Å². The standard InChI is InChI=1S/C38H57N3O6S/c1-24(2)17-19-27(5)41(34(43)31(23-48)40-36(45)47-38(9,10)11)32(29-20-18-25(3)26(4)21-29)33(42)39-30(35(44)46-37(6,7)8)22-28-15-13-12-14-16-28/h12-16,18,20-21,24,27,30-32,48H,17,19,22-23H2,1-11H3,(H,39,42)(H,40,45). The van der Waals surface area contributed by atoms with E-state index in [-0.39, 0.29) is 12.2 Å². The van der Waals surface area contributed by atoms with Gasteiger partial charge in [0.05, 0.1) is 0 Å². The van der Waals surface area contributed by atoms with Gasteiger partial charge in [0.25, 0.3) is 0 Å². The molecular weight excluding hydrogens is 626 g/mol. The minimum atomic E-state index is -1.14. The smallest absolute Gasteiger partial charge is 0.408 e. The maximum Gasteiger partial charge on any atom is 0.408 e. The third kappa shape index (κ3) is 13.2. The molecule has 0 bridgehead atoms. The summed E-state index contributed by atoms with van der Waals surface area (Å²) >= 11 is 4.42. The van der Waals surface area contributed by atoms with Gasteiger partial charge in [-0.05, 0) is 103 Å². The first-order valence-corrected chi connectivity index (χ1v) is 17.4. The van der Waals surface area contributed by atoms with Gasteiger partial charge in [-0.25, -0.2) is 9.59 Å². The predicted octanol–water partition coefficient (Wildman–Crippen LogP) is 6.89. The molecule has 10 heteroatoms. The van der Waals surface area contributed by atoms with Crippen LogP contribution in [0.15, 0.2) is 48.5 Å². The summed E-state index contributed by atoms with van der Waals surface area (Å²) in [6.45, 7) is 20.6. The Morgan fingerprint density at radius 3 is 1.92 bits per heavy atom. The fourth-order valence-corrected chi connectivity index (χ4v) is 5.41. The third-order valence-corrected chi connectivity index (χ3v) is 8.09. The number of thiol groups is 1. The highest BCUT2D eigenvalue weighted by molar-refractivity contribution is 7.80. The van der Waals surface area contributed by atoms with Crippen LogP contribution in [0.3, 0.4) is 0 Å². The fourth-order valence-electron chi connectivity index (χ4n) is 5.17. The number of nitrogens with zero attached hydrogens (tertiary/aromatic N) is 1. The number of hydrogen-bond acceptors (Lipinski definition) is 7. The second-order valence-electron chi connectivity index (χ2n) is 15.0. The Labute approximate surface area is 293 Å². The monoisotopic (exact) mass is 683 g/mol. The predicted molar refractivity (Wildman–Crippen MR) is 194 cm³/mol. The molecule has 2 N–H and O–H groups in total. The highest BCUT2D eigenvalue weighted by Crippen LogP contribution is 2.29. The molecular formula is C38H57N3O6S. The van der Waals surface area contributed by atoms with Crippen LogP contribution in [0.4, 0.5) is 4.79 Å². The Kier molecular flexibility index (Phi) is 15.0. The molecule has 2 aromatic carbocycles. The highest BCUT2D eigenvalue weighted by atomic mass is 32.1. The summed E-state index contributed by atoms with van der Waals surface area (Å²) in [6.07, 6.45) is 0.830. The average Bonchev–Trinajstić information content (AvgIpc) is 2.96. The molecule has 9 nitrogen and oxygen atoms in total. The Hall–Kier alpha value is -3.53. The first-order chi connectivity index (χ1) is 22.2. The Morgan fingerprint density at radius 2 is 1.40 bits per heavy atom. The normalized spacial score (nSPS) is 14.4. The number of carbonyl (C=O) groups excluding carboxylic acids is 4. The van der Waals surface area contributed by atoms with Gasteiger partial charge in [0.1, 0.15) is 29.3 Å². The topological polar surface area (TPSA) is 114 Å². The second kappa shape index (κ2) is 17.7. The summed E-state index contributed by atoms with van der Waals surface area (Å²) in [5.74, 6) is -1.28. The summed E-state index contributed by atoms with van der Waals surface area (Å²) in [5, 5.41) is 5.64. The average molecular weight is 684 g/mol. The van der Waals surface area contributed by atoms with E-state index in [1.54, 1.807) is 41.5 Å². The Bertz CT molecular complexity index is 1380. The highest BCUT2D eigenvalue weighted by Gasteiger charge is 2.40. The number of amides is 3. The van der Waals surface area contributed by atoms with Crippen LogP contribution in [0.1, 0.15) is 103 Å². The van der Waals surface area contributed by atoms with Gasteiger partial charge in [-0.2, -0.15) is 12.6 Å². The van der Waals surface area contributed by atoms with Crippen LogP contribution >= 0.6 is 12.6 Å². The van der Waals surface area contributed by atoms with Crippen molar-refractivity contribution in [3.8, 4) is 0 Å². The Balaban J connectivity index is 2.69. The number of esters is 1. The zero-order valence-electron chi connectivity index (χ0n) is 30.7. The first-order valence-electron chi connectivity index (χ1n) is 16.8. The van der Waals surface area contributed by atoms with Crippen molar-refractivity contribution in [1.82, 2.24) is 15.5 Å². The van der Waals surface area contributed by atoms with Crippen LogP contribution in [0.25, 0.3) is 0 Å². The molecule has 266 valence electrons. The number of benzene rings is 2. The van der Waals surface area contributed by atoms with Crippen molar-refractivity contribution in [2.24, 2.45) is 5.92 Å². The summed E-state index contributed by atoms with van der Waals surface area (Å²) in [5.41, 5.74) is 1.82. The van der Waals surface area contributed by atoms with Gasteiger partial charge in [0.2, 0.25) is 11.8 Å². The fraction of sp³-hybridized carbons (Fsp3) is 0.579. The van der Waals surface area contributed by atoms with E-state index < -0.39 is 59.2 Å². The van der Waals surface area contributed by atoms with E-state index in [1.165, 1.54) is 4.90 Å². The third-order valence-electron chi connectivity index (χ3n) is 7.73. The SMILES string of the molecule is Cc1ccc(C(C(=O)NC(Cc2ccccc2)C(=O)OC(C)(C)C)N(C(=O)C(CS)NC(=O)OC(C)(C)C)C(C)CCC(C)C)cc1C. The van der Waals surface area contributed by atoms with Crippen molar-refractivity contribution in [2.45, 2.75) is 131 Å². The number of alkyl carbamates (subject to hydrolysis) is 1. The minimum Gasteiger partial charge on any atom is -0.458 e. The number of ether oxygens (including phenoxy) is 2.